The number of rotatable bonds is 2. The first kappa shape index (κ1) is 14.8. The lowest BCUT2D eigenvalue weighted by Gasteiger charge is -2.35. The van der Waals surface area contributed by atoms with Crippen LogP contribution in [-0.4, -0.2) is 16.5 Å². The summed E-state index contributed by atoms with van der Waals surface area (Å²) in [6.45, 7) is 6.21. The smallest absolute Gasteiger partial charge is 0.120 e. The number of para-hydroxylation sites is 1. The Morgan fingerprint density at radius 1 is 1.09 bits per heavy atom. The van der Waals surface area contributed by atoms with Crippen LogP contribution in [0.15, 0.2) is 53.5 Å². The molecule has 1 heterocycles. The Labute approximate surface area is 131 Å². The molecule has 2 N–H and O–H groups in total. The minimum Gasteiger partial charge on any atom is -0.508 e. The van der Waals surface area contributed by atoms with E-state index in [0.717, 1.165) is 23.3 Å². The second-order valence-corrected chi connectivity index (χ2v) is 6.44. The summed E-state index contributed by atoms with van der Waals surface area (Å²) in [5.41, 5.74) is 4.05. The van der Waals surface area contributed by atoms with Crippen LogP contribution < -0.4 is 5.32 Å². The number of aliphatic imine (C=N–C) groups is 1. The fourth-order valence-corrected chi connectivity index (χ4v) is 2.98. The fourth-order valence-electron chi connectivity index (χ4n) is 2.98. The molecule has 2 aromatic carbocycles. The molecule has 0 saturated heterocycles. The molecule has 1 aliphatic heterocycles. The average molecular weight is 294 g/mol. The third-order valence-electron chi connectivity index (χ3n) is 4.04. The predicted octanol–water partition coefficient (Wildman–Crippen LogP) is 3.96. The van der Waals surface area contributed by atoms with E-state index in [4.69, 9.17) is 4.99 Å². The molecular weight excluding hydrogens is 272 g/mol. The second-order valence-electron chi connectivity index (χ2n) is 6.44. The number of phenols is 1. The van der Waals surface area contributed by atoms with E-state index in [1.807, 2.05) is 18.2 Å². The van der Waals surface area contributed by atoms with Crippen LogP contribution in [0.1, 0.15) is 43.0 Å². The predicted molar refractivity (Wildman–Crippen MR) is 90.4 cm³/mol. The maximum Gasteiger partial charge on any atom is 0.120 e. The Morgan fingerprint density at radius 2 is 1.77 bits per heavy atom. The molecular formula is C19H22N2O. The van der Waals surface area contributed by atoms with E-state index in [1.165, 1.54) is 5.56 Å². The standard InChI is InChI=1S/C19H22N2O/c1-13-8-10-14(11-9-13)16-12-17(21-19(2,3)20-16)15-6-4-5-7-18(15)22/h4-11,17,21-22H,12H2,1-3H3. The molecule has 114 valence electrons. The molecule has 0 bridgehead atoms. The Kier molecular flexibility index (Phi) is 3.75. The van der Waals surface area contributed by atoms with Crippen molar-refractivity contribution < 1.29 is 5.11 Å². The highest BCUT2D eigenvalue weighted by Crippen LogP contribution is 2.32. The first-order chi connectivity index (χ1) is 10.4. The molecule has 0 aliphatic carbocycles. The lowest BCUT2D eigenvalue weighted by Crippen LogP contribution is -2.45. The van der Waals surface area contributed by atoms with E-state index in [1.54, 1.807) is 6.07 Å². The summed E-state index contributed by atoms with van der Waals surface area (Å²) in [5, 5.41) is 13.7. The number of phenolic OH excluding ortho intramolecular Hbond substituents is 1. The molecule has 0 saturated carbocycles. The molecule has 3 heteroatoms. The van der Waals surface area contributed by atoms with Crippen molar-refractivity contribution in [2.75, 3.05) is 0 Å². The number of aryl methyl sites for hydroxylation is 1. The highest BCUT2D eigenvalue weighted by molar-refractivity contribution is 6.01. The molecule has 0 aromatic heterocycles. The van der Waals surface area contributed by atoms with E-state index < -0.39 is 0 Å². The zero-order chi connectivity index (χ0) is 15.7. The third kappa shape index (κ3) is 3.04. The van der Waals surface area contributed by atoms with Crippen LogP contribution in [0.3, 0.4) is 0 Å². The molecule has 1 unspecified atom stereocenters. The van der Waals surface area contributed by atoms with Gasteiger partial charge in [0.05, 0.1) is 0 Å². The third-order valence-corrected chi connectivity index (χ3v) is 4.04. The Bertz CT molecular complexity index is 702. The molecule has 2 aromatic rings. The fraction of sp³-hybridized carbons (Fsp3) is 0.316. The van der Waals surface area contributed by atoms with Crippen molar-refractivity contribution in [3.05, 3.63) is 65.2 Å². The van der Waals surface area contributed by atoms with E-state index in [-0.39, 0.29) is 11.7 Å². The van der Waals surface area contributed by atoms with Crippen molar-refractivity contribution >= 4 is 5.71 Å². The minimum absolute atomic E-state index is 0.0602. The van der Waals surface area contributed by atoms with E-state index in [2.05, 4.69) is 50.4 Å². The number of nitrogens with one attached hydrogen (secondary N) is 1. The average Bonchev–Trinajstić information content (AvgIpc) is 2.46. The maximum atomic E-state index is 10.1. The number of aromatic hydroxyl groups is 1. The second kappa shape index (κ2) is 5.58. The first-order valence-electron chi connectivity index (χ1n) is 7.66. The van der Waals surface area contributed by atoms with E-state index >= 15 is 0 Å². The molecule has 0 radical (unpaired) electrons. The maximum absolute atomic E-state index is 10.1. The summed E-state index contributed by atoms with van der Waals surface area (Å²) in [5.74, 6) is 0.334. The highest BCUT2D eigenvalue weighted by atomic mass is 16.3. The summed E-state index contributed by atoms with van der Waals surface area (Å²) < 4.78 is 0. The molecule has 1 atom stereocenters. The van der Waals surface area contributed by atoms with Gasteiger partial charge in [0.2, 0.25) is 0 Å². The molecule has 3 rings (SSSR count). The van der Waals surface area contributed by atoms with Gasteiger partial charge in [-0.3, -0.25) is 10.3 Å². The Balaban J connectivity index is 1.97. The lowest BCUT2D eigenvalue weighted by molar-refractivity contribution is 0.328. The summed E-state index contributed by atoms with van der Waals surface area (Å²) in [4.78, 5) is 4.84. The Morgan fingerprint density at radius 3 is 2.45 bits per heavy atom. The van der Waals surface area contributed by atoms with Gasteiger partial charge in [-0.15, -0.1) is 0 Å². The topological polar surface area (TPSA) is 44.6 Å². The molecule has 0 spiro atoms. The lowest BCUT2D eigenvalue weighted by atomic mass is 9.92. The summed E-state index contributed by atoms with van der Waals surface area (Å²) in [7, 11) is 0. The van der Waals surface area contributed by atoms with Crippen LogP contribution in [0.2, 0.25) is 0 Å². The zero-order valence-corrected chi connectivity index (χ0v) is 13.3. The van der Waals surface area contributed by atoms with Gasteiger partial charge in [-0.25, -0.2) is 0 Å². The minimum atomic E-state index is -0.356. The van der Waals surface area contributed by atoms with Crippen LogP contribution in [0, 0.1) is 6.92 Å². The van der Waals surface area contributed by atoms with Crippen LogP contribution in [0.5, 0.6) is 5.75 Å². The largest absolute Gasteiger partial charge is 0.508 e. The quantitative estimate of drug-likeness (QED) is 0.880. The van der Waals surface area contributed by atoms with Crippen molar-refractivity contribution in [2.45, 2.75) is 38.9 Å². The molecule has 3 nitrogen and oxygen atoms in total. The van der Waals surface area contributed by atoms with Gasteiger partial charge < -0.3 is 5.11 Å². The summed E-state index contributed by atoms with van der Waals surface area (Å²) >= 11 is 0. The number of hydrogen-bond donors (Lipinski definition) is 2. The van der Waals surface area contributed by atoms with Crippen LogP contribution in [0.25, 0.3) is 0 Å². The molecule has 0 amide bonds. The van der Waals surface area contributed by atoms with Gasteiger partial charge in [0.15, 0.2) is 0 Å². The van der Waals surface area contributed by atoms with Crippen molar-refractivity contribution in [2.24, 2.45) is 4.99 Å². The van der Waals surface area contributed by atoms with Gasteiger partial charge in [-0.2, -0.15) is 0 Å². The van der Waals surface area contributed by atoms with Crippen molar-refractivity contribution in [1.82, 2.24) is 5.32 Å². The SMILES string of the molecule is Cc1ccc(C2=NC(C)(C)NC(c3ccccc3O)C2)cc1. The van der Waals surface area contributed by atoms with Gasteiger partial charge in [0.25, 0.3) is 0 Å². The van der Waals surface area contributed by atoms with Crippen molar-refractivity contribution in [1.29, 1.82) is 0 Å². The monoisotopic (exact) mass is 294 g/mol. The van der Waals surface area contributed by atoms with Crippen LogP contribution in [-0.2, 0) is 0 Å². The Hall–Kier alpha value is -2.13. The normalized spacial score (nSPS) is 20.5. The molecule has 0 fully saturated rings. The number of nitrogens with zero attached hydrogens (tertiary/aromatic N) is 1. The summed E-state index contributed by atoms with van der Waals surface area (Å²) in [6, 6.07) is 16.1. The highest BCUT2D eigenvalue weighted by Gasteiger charge is 2.30. The van der Waals surface area contributed by atoms with Crippen LogP contribution in [0.4, 0.5) is 0 Å². The molecule has 22 heavy (non-hydrogen) atoms. The van der Waals surface area contributed by atoms with Gasteiger partial charge >= 0.3 is 0 Å². The zero-order valence-electron chi connectivity index (χ0n) is 13.3. The van der Waals surface area contributed by atoms with Crippen LogP contribution >= 0.6 is 0 Å². The number of benzene rings is 2. The summed E-state index contributed by atoms with van der Waals surface area (Å²) in [6.07, 6.45) is 0.768. The van der Waals surface area contributed by atoms with Gasteiger partial charge in [0.1, 0.15) is 11.4 Å². The van der Waals surface area contributed by atoms with Gasteiger partial charge in [0, 0.05) is 23.7 Å². The van der Waals surface area contributed by atoms with E-state index in [9.17, 15) is 5.11 Å². The van der Waals surface area contributed by atoms with Crippen molar-refractivity contribution in [3.63, 3.8) is 0 Å². The number of hydrogen-bond acceptors (Lipinski definition) is 3. The van der Waals surface area contributed by atoms with Gasteiger partial charge in [-0.1, -0.05) is 48.0 Å². The van der Waals surface area contributed by atoms with Crippen molar-refractivity contribution in [3.8, 4) is 5.75 Å². The van der Waals surface area contributed by atoms with E-state index in [0.29, 0.717) is 5.75 Å². The van der Waals surface area contributed by atoms with Gasteiger partial charge in [-0.05, 0) is 32.4 Å². The molecule has 1 aliphatic rings. The first-order valence-corrected chi connectivity index (χ1v) is 7.66.